The summed E-state index contributed by atoms with van der Waals surface area (Å²) in [5, 5.41) is 15.8. The number of benzene rings is 2. The molecule has 0 atom stereocenters. The highest BCUT2D eigenvalue weighted by Crippen LogP contribution is 2.24. The molecule has 4 aromatic rings. The van der Waals surface area contributed by atoms with Gasteiger partial charge in [0, 0.05) is 5.56 Å². The Hall–Kier alpha value is -3.46. The van der Waals surface area contributed by atoms with E-state index in [1.165, 1.54) is 11.3 Å². The number of rotatable bonds is 6. The van der Waals surface area contributed by atoms with Crippen molar-refractivity contribution in [3.63, 3.8) is 0 Å². The van der Waals surface area contributed by atoms with Crippen LogP contribution >= 0.6 is 11.3 Å². The van der Waals surface area contributed by atoms with Crippen LogP contribution in [-0.4, -0.2) is 39.4 Å². The molecule has 0 bridgehead atoms. The Morgan fingerprint density at radius 3 is 2.56 bits per heavy atom. The predicted molar refractivity (Wildman–Crippen MR) is 101 cm³/mol. The molecule has 2 aromatic heterocycles. The highest BCUT2D eigenvalue weighted by molar-refractivity contribution is 7.20. The van der Waals surface area contributed by atoms with E-state index in [2.05, 4.69) is 20.6 Å². The number of methoxy groups -OCH3 is 1. The number of hydrogen-bond donors (Lipinski definition) is 1. The Morgan fingerprint density at radius 1 is 1.07 bits per heavy atom. The van der Waals surface area contributed by atoms with Crippen LogP contribution in [0.15, 0.2) is 54.6 Å². The van der Waals surface area contributed by atoms with Gasteiger partial charge in [-0.1, -0.05) is 41.7 Å². The second-order valence-electron chi connectivity index (χ2n) is 5.50. The highest BCUT2D eigenvalue weighted by Gasteiger charge is 2.14. The maximum atomic E-state index is 12.1. The minimum Gasteiger partial charge on any atom is -0.497 e. The second kappa shape index (κ2) is 7.42. The van der Waals surface area contributed by atoms with Gasteiger partial charge in [-0.15, -0.1) is 15.3 Å². The summed E-state index contributed by atoms with van der Waals surface area (Å²) in [6.45, 7) is -0.127. The number of nitrogens with one attached hydrogen (secondary N) is 1. The van der Waals surface area contributed by atoms with Crippen molar-refractivity contribution in [1.29, 1.82) is 0 Å². The van der Waals surface area contributed by atoms with E-state index in [4.69, 9.17) is 9.47 Å². The van der Waals surface area contributed by atoms with E-state index < -0.39 is 0 Å². The van der Waals surface area contributed by atoms with Crippen molar-refractivity contribution < 1.29 is 14.3 Å². The average Bonchev–Trinajstić information content (AvgIpc) is 3.27. The van der Waals surface area contributed by atoms with Crippen LogP contribution in [0.2, 0.25) is 0 Å². The fraction of sp³-hybridized carbons (Fsp3) is 0.111. The molecule has 27 heavy (non-hydrogen) atoms. The van der Waals surface area contributed by atoms with Crippen molar-refractivity contribution in [2.75, 3.05) is 19.0 Å². The molecule has 8 nitrogen and oxygen atoms in total. The summed E-state index contributed by atoms with van der Waals surface area (Å²) < 4.78 is 12.2. The van der Waals surface area contributed by atoms with E-state index in [-0.39, 0.29) is 12.5 Å². The molecule has 9 heteroatoms. The first kappa shape index (κ1) is 17.0. The van der Waals surface area contributed by atoms with Crippen LogP contribution in [0.1, 0.15) is 0 Å². The fourth-order valence-corrected chi connectivity index (χ4v) is 3.17. The molecule has 0 saturated carbocycles. The molecule has 2 aromatic carbocycles. The number of ether oxygens (including phenoxy) is 2. The van der Waals surface area contributed by atoms with E-state index >= 15 is 0 Å². The van der Waals surface area contributed by atoms with Crippen LogP contribution < -0.4 is 14.8 Å². The van der Waals surface area contributed by atoms with Gasteiger partial charge in [0.15, 0.2) is 12.4 Å². The lowest BCUT2D eigenvalue weighted by atomic mass is 10.2. The number of carbonyl (C=O) groups is 1. The first-order valence-corrected chi connectivity index (χ1v) is 8.89. The van der Waals surface area contributed by atoms with Gasteiger partial charge in [-0.3, -0.25) is 10.1 Å². The van der Waals surface area contributed by atoms with Crippen molar-refractivity contribution in [2.24, 2.45) is 0 Å². The maximum absolute atomic E-state index is 12.1. The number of nitrogens with zero attached hydrogens (tertiary/aromatic N) is 4. The quantitative estimate of drug-likeness (QED) is 0.552. The normalized spacial score (nSPS) is 10.7. The van der Waals surface area contributed by atoms with Gasteiger partial charge in [0.2, 0.25) is 10.1 Å². The molecule has 0 saturated heterocycles. The van der Waals surface area contributed by atoms with E-state index in [0.29, 0.717) is 21.7 Å². The number of amides is 1. The lowest BCUT2D eigenvalue weighted by Gasteiger charge is -2.06. The summed E-state index contributed by atoms with van der Waals surface area (Å²) in [5.74, 6) is 1.62. The monoisotopic (exact) mass is 381 g/mol. The van der Waals surface area contributed by atoms with Gasteiger partial charge in [-0.2, -0.15) is 4.52 Å². The van der Waals surface area contributed by atoms with Crippen molar-refractivity contribution >= 4 is 27.3 Å². The molecule has 0 spiro atoms. The van der Waals surface area contributed by atoms with Crippen LogP contribution in [0.25, 0.3) is 16.3 Å². The molecule has 1 N–H and O–H groups in total. The second-order valence-corrected chi connectivity index (χ2v) is 6.46. The molecular formula is C18H15N5O3S. The van der Waals surface area contributed by atoms with Gasteiger partial charge >= 0.3 is 0 Å². The van der Waals surface area contributed by atoms with E-state index in [1.807, 2.05) is 30.3 Å². The zero-order chi connectivity index (χ0) is 18.6. The minimum absolute atomic E-state index is 0.127. The van der Waals surface area contributed by atoms with Crippen molar-refractivity contribution in [2.45, 2.75) is 0 Å². The lowest BCUT2D eigenvalue weighted by Crippen LogP contribution is -2.20. The van der Waals surface area contributed by atoms with Crippen LogP contribution in [0.3, 0.4) is 0 Å². The predicted octanol–water partition coefficient (Wildman–Crippen LogP) is 2.88. The van der Waals surface area contributed by atoms with Crippen LogP contribution in [0.4, 0.5) is 5.13 Å². The average molecular weight is 381 g/mol. The Kier molecular flexibility index (Phi) is 4.67. The van der Waals surface area contributed by atoms with Crippen molar-refractivity contribution in [3.05, 3.63) is 54.6 Å². The number of anilines is 1. The molecule has 4 rings (SSSR count). The van der Waals surface area contributed by atoms with E-state index in [0.717, 1.165) is 11.3 Å². The van der Waals surface area contributed by atoms with Crippen LogP contribution in [0.5, 0.6) is 11.5 Å². The van der Waals surface area contributed by atoms with Gasteiger partial charge < -0.3 is 9.47 Å². The number of carbonyl (C=O) groups excluding carboxylic acids is 1. The molecule has 0 aliphatic rings. The molecule has 0 radical (unpaired) electrons. The lowest BCUT2D eigenvalue weighted by molar-refractivity contribution is -0.118. The summed E-state index contributed by atoms with van der Waals surface area (Å²) in [7, 11) is 1.59. The molecule has 0 fully saturated rings. The minimum atomic E-state index is -0.308. The first-order valence-electron chi connectivity index (χ1n) is 8.07. The third-order valence-corrected chi connectivity index (χ3v) is 4.51. The summed E-state index contributed by atoms with van der Waals surface area (Å²) in [6.07, 6.45) is 0. The summed E-state index contributed by atoms with van der Waals surface area (Å²) in [4.78, 5) is 12.7. The zero-order valence-electron chi connectivity index (χ0n) is 14.3. The molecule has 0 aliphatic carbocycles. The molecule has 2 heterocycles. The van der Waals surface area contributed by atoms with Gasteiger partial charge in [-0.05, 0) is 24.3 Å². The number of aromatic nitrogens is 4. The third-order valence-electron chi connectivity index (χ3n) is 3.70. The fourth-order valence-electron chi connectivity index (χ4n) is 2.41. The SMILES string of the molecule is COc1ccc(OCC(=O)Nc2nn3c(-c4ccccc4)nnc3s2)cc1. The van der Waals surface area contributed by atoms with Gasteiger partial charge in [0.1, 0.15) is 11.5 Å². The Labute approximate surface area is 158 Å². The molecule has 1 amide bonds. The molecular weight excluding hydrogens is 366 g/mol. The topological polar surface area (TPSA) is 90.6 Å². The van der Waals surface area contributed by atoms with Crippen LogP contribution in [-0.2, 0) is 4.79 Å². The largest absolute Gasteiger partial charge is 0.497 e. The van der Waals surface area contributed by atoms with E-state index in [9.17, 15) is 4.79 Å². The molecule has 0 unspecified atom stereocenters. The maximum Gasteiger partial charge on any atom is 0.264 e. The third kappa shape index (κ3) is 3.72. The number of hydrogen-bond acceptors (Lipinski definition) is 7. The Bertz CT molecular complexity index is 1060. The van der Waals surface area contributed by atoms with Gasteiger partial charge in [0.05, 0.1) is 7.11 Å². The summed E-state index contributed by atoms with van der Waals surface area (Å²) in [6, 6.07) is 16.6. The van der Waals surface area contributed by atoms with Crippen molar-refractivity contribution in [3.8, 4) is 22.9 Å². The summed E-state index contributed by atoms with van der Waals surface area (Å²) in [5.41, 5.74) is 0.899. The van der Waals surface area contributed by atoms with Crippen molar-refractivity contribution in [1.82, 2.24) is 19.8 Å². The Morgan fingerprint density at radius 2 is 1.81 bits per heavy atom. The highest BCUT2D eigenvalue weighted by atomic mass is 32.1. The van der Waals surface area contributed by atoms with E-state index in [1.54, 1.807) is 35.9 Å². The molecule has 0 aliphatic heterocycles. The smallest absolute Gasteiger partial charge is 0.264 e. The van der Waals surface area contributed by atoms with Gasteiger partial charge in [-0.25, -0.2) is 0 Å². The molecule has 136 valence electrons. The standard InChI is InChI=1S/C18H15N5O3S/c1-25-13-7-9-14(10-8-13)26-11-15(24)19-17-22-23-16(20-21-18(23)27-17)12-5-3-2-4-6-12/h2-10H,11H2,1H3,(H,19,22,24). The Balaban J connectivity index is 1.42. The van der Waals surface area contributed by atoms with Crippen LogP contribution in [0, 0.1) is 0 Å². The zero-order valence-corrected chi connectivity index (χ0v) is 15.1. The number of fused-ring (bicyclic) bond motifs is 1. The summed E-state index contributed by atoms with van der Waals surface area (Å²) >= 11 is 1.24. The van der Waals surface area contributed by atoms with Gasteiger partial charge in [0.25, 0.3) is 5.91 Å². The first-order chi connectivity index (χ1) is 13.2.